The van der Waals surface area contributed by atoms with Gasteiger partial charge in [-0.2, -0.15) is 10.2 Å². The molecule has 1 aliphatic heterocycles. The van der Waals surface area contributed by atoms with E-state index in [2.05, 4.69) is 26.1 Å². The average molecular weight is 347 g/mol. The molecule has 1 N–H and O–H groups in total. The summed E-state index contributed by atoms with van der Waals surface area (Å²) in [7, 11) is 0. The number of aromatic nitrogens is 3. The largest absolute Gasteiger partial charge is 0.392 e. The van der Waals surface area contributed by atoms with Crippen LogP contribution in [0, 0.1) is 11.3 Å². The van der Waals surface area contributed by atoms with Crippen molar-refractivity contribution in [3.63, 3.8) is 0 Å². The number of nitriles is 1. The number of hydrogen-bond donors (Lipinski definition) is 1. The minimum Gasteiger partial charge on any atom is -0.392 e. The van der Waals surface area contributed by atoms with Crippen LogP contribution in [0.1, 0.15) is 29.5 Å². The lowest BCUT2D eigenvalue weighted by molar-refractivity contribution is 0.169. The van der Waals surface area contributed by atoms with Crippen LogP contribution < -0.4 is 0 Å². The van der Waals surface area contributed by atoms with Crippen LogP contribution in [0.4, 0.5) is 0 Å². The van der Waals surface area contributed by atoms with Crippen LogP contribution in [0.25, 0.3) is 11.4 Å². The number of benzene rings is 1. The van der Waals surface area contributed by atoms with E-state index in [4.69, 9.17) is 9.78 Å². The summed E-state index contributed by atoms with van der Waals surface area (Å²) in [6, 6.07) is 13.1. The average Bonchev–Trinajstić information content (AvgIpc) is 3.29. The summed E-state index contributed by atoms with van der Waals surface area (Å²) in [4.78, 5) is 10.7. The van der Waals surface area contributed by atoms with Crippen molar-refractivity contribution >= 4 is 0 Å². The summed E-state index contributed by atoms with van der Waals surface area (Å²) >= 11 is 0. The highest BCUT2D eigenvalue weighted by Gasteiger charge is 2.36. The van der Waals surface area contributed by atoms with E-state index in [0.29, 0.717) is 36.8 Å². The number of β-amino-alcohol motifs (C(OH)–C–C–N with tert-alkyl or cyclic N) is 1. The van der Waals surface area contributed by atoms with Crippen molar-refractivity contribution < 1.29 is 9.63 Å². The van der Waals surface area contributed by atoms with Crippen molar-refractivity contribution in [2.45, 2.75) is 25.1 Å². The fraction of sp³-hybridized carbons (Fsp3) is 0.263. The third-order valence-corrected chi connectivity index (χ3v) is 4.47. The molecule has 0 bridgehead atoms. The smallest absolute Gasteiger partial charge is 0.244 e. The van der Waals surface area contributed by atoms with Gasteiger partial charge < -0.3 is 9.63 Å². The van der Waals surface area contributed by atoms with E-state index in [0.717, 1.165) is 11.1 Å². The minimum atomic E-state index is -0.451. The number of pyridine rings is 1. The van der Waals surface area contributed by atoms with Crippen LogP contribution in [-0.2, 0) is 6.54 Å². The Morgan fingerprint density at radius 3 is 3.04 bits per heavy atom. The van der Waals surface area contributed by atoms with E-state index in [9.17, 15) is 5.11 Å². The van der Waals surface area contributed by atoms with Crippen molar-refractivity contribution in [1.29, 1.82) is 5.26 Å². The summed E-state index contributed by atoms with van der Waals surface area (Å²) in [5.74, 6) is 0.970. The summed E-state index contributed by atoms with van der Waals surface area (Å²) in [6.07, 6.45) is 3.46. The molecule has 0 unspecified atom stereocenters. The zero-order valence-corrected chi connectivity index (χ0v) is 14.0. The Morgan fingerprint density at radius 1 is 1.31 bits per heavy atom. The first kappa shape index (κ1) is 16.4. The molecule has 7 heteroatoms. The topological polar surface area (TPSA) is 99.1 Å². The van der Waals surface area contributed by atoms with Crippen molar-refractivity contribution in [1.82, 2.24) is 20.0 Å². The quantitative estimate of drug-likeness (QED) is 0.773. The molecule has 2 aromatic heterocycles. The zero-order valence-electron chi connectivity index (χ0n) is 14.0. The van der Waals surface area contributed by atoms with E-state index in [1.54, 1.807) is 18.5 Å². The molecular formula is C19H17N5O2. The van der Waals surface area contributed by atoms with Crippen LogP contribution in [0.15, 0.2) is 53.3 Å². The number of nitrogens with zero attached hydrogens (tertiary/aromatic N) is 5. The molecule has 1 fully saturated rings. The summed E-state index contributed by atoms with van der Waals surface area (Å²) in [5.41, 5.74) is 2.42. The van der Waals surface area contributed by atoms with Gasteiger partial charge in [-0.05, 0) is 36.2 Å². The Hall–Kier alpha value is -3.08. The van der Waals surface area contributed by atoms with Crippen molar-refractivity contribution in [3.05, 3.63) is 65.8 Å². The summed E-state index contributed by atoms with van der Waals surface area (Å²) in [6.45, 7) is 1.12. The standard InChI is InChI=1S/C19H17N5O2/c20-9-13-3-1-4-14(7-13)11-24-12-16(25)8-17(24)19-22-18(23-26-19)15-5-2-6-21-10-15/h1-7,10,16-17,25H,8,11-12H2/t16-,17+/m1/s1. The molecule has 0 amide bonds. The number of aliphatic hydroxyl groups excluding tert-OH is 1. The number of hydrogen-bond acceptors (Lipinski definition) is 7. The van der Waals surface area contributed by atoms with Gasteiger partial charge in [0.15, 0.2) is 0 Å². The molecule has 0 radical (unpaired) electrons. The first-order chi connectivity index (χ1) is 12.7. The molecule has 1 aliphatic rings. The minimum absolute atomic E-state index is 0.159. The number of rotatable bonds is 4. The lowest BCUT2D eigenvalue weighted by atomic mass is 10.1. The van der Waals surface area contributed by atoms with Crippen molar-refractivity contribution in [2.24, 2.45) is 0 Å². The van der Waals surface area contributed by atoms with Gasteiger partial charge in [-0.25, -0.2) is 0 Å². The lowest BCUT2D eigenvalue weighted by Gasteiger charge is -2.21. The molecule has 2 atom stereocenters. The van der Waals surface area contributed by atoms with Gasteiger partial charge >= 0.3 is 0 Å². The molecule has 7 nitrogen and oxygen atoms in total. The third kappa shape index (κ3) is 3.33. The molecule has 0 spiro atoms. The highest BCUT2D eigenvalue weighted by Crippen LogP contribution is 2.33. The van der Waals surface area contributed by atoms with Crippen LogP contribution in [-0.4, -0.2) is 37.8 Å². The van der Waals surface area contributed by atoms with E-state index >= 15 is 0 Å². The first-order valence-electron chi connectivity index (χ1n) is 8.38. The maximum absolute atomic E-state index is 10.1. The van der Waals surface area contributed by atoms with Gasteiger partial charge in [0.2, 0.25) is 11.7 Å². The maximum Gasteiger partial charge on any atom is 0.244 e. The fourth-order valence-corrected chi connectivity index (χ4v) is 3.27. The second kappa shape index (κ2) is 7.04. The van der Waals surface area contributed by atoms with E-state index in [-0.39, 0.29) is 6.04 Å². The highest BCUT2D eigenvalue weighted by molar-refractivity contribution is 5.51. The van der Waals surface area contributed by atoms with Gasteiger partial charge in [-0.3, -0.25) is 9.88 Å². The molecule has 1 aromatic carbocycles. The maximum atomic E-state index is 10.1. The first-order valence-corrected chi connectivity index (χ1v) is 8.38. The molecule has 0 saturated carbocycles. The SMILES string of the molecule is N#Cc1cccc(CN2C[C@H](O)C[C@H]2c2nc(-c3cccnc3)no2)c1. The van der Waals surface area contributed by atoms with Crippen molar-refractivity contribution in [2.75, 3.05) is 6.54 Å². The molecular weight excluding hydrogens is 330 g/mol. The molecule has 0 aliphatic carbocycles. The van der Waals surface area contributed by atoms with Crippen molar-refractivity contribution in [3.8, 4) is 17.5 Å². The second-order valence-corrected chi connectivity index (χ2v) is 6.34. The van der Waals surface area contributed by atoms with E-state index in [1.165, 1.54) is 0 Å². The zero-order chi connectivity index (χ0) is 17.9. The Balaban J connectivity index is 1.57. The Bertz CT molecular complexity index is 934. The number of likely N-dealkylation sites (tertiary alicyclic amines) is 1. The van der Waals surface area contributed by atoms with E-state index < -0.39 is 6.10 Å². The van der Waals surface area contributed by atoms with Gasteiger partial charge in [0.25, 0.3) is 0 Å². The van der Waals surface area contributed by atoms with Crippen LogP contribution in [0.3, 0.4) is 0 Å². The Kier molecular flexibility index (Phi) is 4.44. The summed E-state index contributed by atoms with van der Waals surface area (Å²) < 4.78 is 5.47. The van der Waals surface area contributed by atoms with Gasteiger partial charge in [0, 0.05) is 31.0 Å². The molecule has 3 heterocycles. The third-order valence-electron chi connectivity index (χ3n) is 4.47. The second-order valence-electron chi connectivity index (χ2n) is 6.34. The highest BCUT2D eigenvalue weighted by atomic mass is 16.5. The Morgan fingerprint density at radius 2 is 2.23 bits per heavy atom. The van der Waals surface area contributed by atoms with Crippen LogP contribution >= 0.6 is 0 Å². The Labute approximate surface area is 150 Å². The van der Waals surface area contributed by atoms with Gasteiger partial charge in [0.05, 0.1) is 23.8 Å². The molecule has 4 rings (SSSR count). The fourth-order valence-electron chi connectivity index (χ4n) is 3.27. The van der Waals surface area contributed by atoms with Gasteiger partial charge in [0.1, 0.15) is 0 Å². The van der Waals surface area contributed by atoms with Crippen LogP contribution in [0.2, 0.25) is 0 Å². The monoisotopic (exact) mass is 347 g/mol. The molecule has 3 aromatic rings. The molecule has 130 valence electrons. The van der Waals surface area contributed by atoms with Crippen LogP contribution in [0.5, 0.6) is 0 Å². The van der Waals surface area contributed by atoms with E-state index in [1.807, 2.05) is 30.3 Å². The molecule has 1 saturated heterocycles. The molecule has 26 heavy (non-hydrogen) atoms. The van der Waals surface area contributed by atoms with Gasteiger partial charge in [-0.1, -0.05) is 17.3 Å². The summed E-state index contributed by atoms with van der Waals surface area (Å²) in [5, 5.41) is 23.3. The van der Waals surface area contributed by atoms with Gasteiger partial charge in [-0.15, -0.1) is 0 Å². The normalized spacial score (nSPS) is 20.2. The predicted octanol–water partition coefficient (Wildman–Crippen LogP) is 2.31. The number of aliphatic hydroxyl groups is 1. The lowest BCUT2D eigenvalue weighted by Crippen LogP contribution is -2.24. The predicted molar refractivity (Wildman–Crippen MR) is 92.5 cm³/mol.